The molecule has 72 valence electrons. The molecule has 0 amide bonds. The summed E-state index contributed by atoms with van der Waals surface area (Å²) in [7, 11) is 1.58. The van der Waals surface area contributed by atoms with Crippen LogP contribution in [0.15, 0.2) is 0 Å². The van der Waals surface area contributed by atoms with Crippen molar-refractivity contribution < 1.29 is 10.0 Å². The molecule has 0 bridgehead atoms. The molecule has 6 nitrogen and oxygen atoms in total. The molecule has 6 heteroatoms. The third-order valence-corrected chi connectivity index (χ3v) is 1.88. The fourth-order valence-corrected chi connectivity index (χ4v) is 1.17. The van der Waals surface area contributed by atoms with Crippen molar-refractivity contribution >= 4 is 5.82 Å². The minimum atomic E-state index is -0.481. The van der Waals surface area contributed by atoms with Crippen LogP contribution < -0.4 is 0 Å². The highest BCUT2D eigenvalue weighted by molar-refractivity contribution is 5.30. The van der Waals surface area contributed by atoms with E-state index in [2.05, 4.69) is 4.98 Å². The van der Waals surface area contributed by atoms with Crippen molar-refractivity contribution in [1.29, 1.82) is 0 Å². The van der Waals surface area contributed by atoms with Crippen LogP contribution in [-0.4, -0.2) is 26.2 Å². The maximum atomic E-state index is 10.6. The van der Waals surface area contributed by atoms with Gasteiger partial charge in [0.25, 0.3) is 0 Å². The molecule has 0 spiro atoms. The first-order valence-corrected chi connectivity index (χ1v) is 3.85. The first-order valence-electron chi connectivity index (χ1n) is 3.85. The molecule has 1 heterocycles. The zero-order valence-electron chi connectivity index (χ0n) is 7.52. The zero-order chi connectivity index (χ0) is 10.0. The van der Waals surface area contributed by atoms with Gasteiger partial charge in [-0.1, -0.05) is 0 Å². The Hall–Kier alpha value is -1.43. The van der Waals surface area contributed by atoms with Gasteiger partial charge in [-0.3, -0.25) is 0 Å². The van der Waals surface area contributed by atoms with Crippen LogP contribution in [0, 0.1) is 17.0 Å². The van der Waals surface area contributed by atoms with Gasteiger partial charge in [-0.15, -0.1) is 0 Å². The van der Waals surface area contributed by atoms with Crippen molar-refractivity contribution in [2.45, 2.75) is 13.3 Å². The molecule has 0 saturated heterocycles. The van der Waals surface area contributed by atoms with Gasteiger partial charge in [0.1, 0.15) is 5.69 Å². The number of aromatic nitrogens is 2. The van der Waals surface area contributed by atoms with Gasteiger partial charge in [0, 0.05) is 20.0 Å². The Balaban J connectivity index is 3.18. The van der Waals surface area contributed by atoms with E-state index in [1.807, 2.05) is 0 Å². The van der Waals surface area contributed by atoms with Crippen molar-refractivity contribution in [2.75, 3.05) is 6.61 Å². The number of nitrogens with zero attached hydrogens (tertiary/aromatic N) is 3. The van der Waals surface area contributed by atoms with Gasteiger partial charge in [0.15, 0.2) is 5.82 Å². The predicted octanol–water partition coefficient (Wildman–Crippen LogP) is 0.172. The first kappa shape index (κ1) is 9.66. The van der Waals surface area contributed by atoms with Gasteiger partial charge in [-0.25, -0.2) is 9.55 Å². The van der Waals surface area contributed by atoms with E-state index >= 15 is 0 Å². The molecule has 0 unspecified atom stereocenters. The van der Waals surface area contributed by atoms with Gasteiger partial charge in [0.05, 0.1) is 7.05 Å². The van der Waals surface area contributed by atoms with E-state index in [1.54, 1.807) is 14.0 Å². The van der Waals surface area contributed by atoms with Crippen molar-refractivity contribution in [3.63, 3.8) is 0 Å². The standard InChI is InChI=1S/C7H11N3O3/c1-5-8-6(3-4-11)7(9(5)2)10(12)13/h11H,3-4H2,1-2H3. The Morgan fingerprint density at radius 3 is 2.77 bits per heavy atom. The number of imidazole rings is 1. The van der Waals surface area contributed by atoms with Gasteiger partial charge in [0.2, 0.25) is 0 Å². The number of rotatable bonds is 3. The Labute approximate surface area is 75.0 Å². The molecule has 0 atom stereocenters. The van der Waals surface area contributed by atoms with Crippen molar-refractivity contribution in [3.05, 3.63) is 21.6 Å². The predicted molar refractivity (Wildman–Crippen MR) is 45.4 cm³/mol. The molecule has 13 heavy (non-hydrogen) atoms. The Morgan fingerprint density at radius 1 is 1.69 bits per heavy atom. The summed E-state index contributed by atoms with van der Waals surface area (Å²) in [6.45, 7) is 1.56. The Bertz CT molecular complexity index is 332. The monoisotopic (exact) mass is 185 g/mol. The maximum Gasteiger partial charge on any atom is 0.345 e. The van der Waals surface area contributed by atoms with E-state index < -0.39 is 4.92 Å². The average molecular weight is 185 g/mol. The van der Waals surface area contributed by atoms with E-state index in [4.69, 9.17) is 5.11 Å². The number of aliphatic hydroxyl groups is 1. The normalized spacial score (nSPS) is 10.4. The Morgan fingerprint density at radius 2 is 2.31 bits per heavy atom. The van der Waals surface area contributed by atoms with E-state index in [-0.39, 0.29) is 18.8 Å². The smallest absolute Gasteiger partial charge is 0.345 e. The van der Waals surface area contributed by atoms with Crippen molar-refractivity contribution in [2.24, 2.45) is 7.05 Å². The van der Waals surface area contributed by atoms with Crippen LogP contribution in [0.1, 0.15) is 11.5 Å². The molecular weight excluding hydrogens is 174 g/mol. The summed E-state index contributed by atoms with van der Waals surface area (Å²) >= 11 is 0. The fraction of sp³-hybridized carbons (Fsp3) is 0.571. The molecule has 0 aromatic carbocycles. The van der Waals surface area contributed by atoms with E-state index in [9.17, 15) is 10.1 Å². The van der Waals surface area contributed by atoms with Crippen LogP contribution in [0.2, 0.25) is 0 Å². The lowest BCUT2D eigenvalue weighted by atomic mass is 10.3. The average Bonchev–Trinajstić information content (AvgIpc) is 2.28. The molecule has 0 aliphatic carbocycles. The lowest BCUT2D eigenvalue weighted by molar-refractivity contribution is -0.392. The summed E-state index contributed by atoms with van der Waals surface area (Å²) in [5.41, 5.74) is 0.340. The number of hydrogen-bond donors (Lipinski definition) is 1. The molecule has 1 N–H and O–H groups in total. The number of aliphatic hydroxyl groups excluding tert-OH is 1. The number of hydrogen-bond acceptors (Lipinski definition) is 4. The topological polar surface area (TPSA) is 81.2 Å². The van der Waals surface area contributed by atoms with Gasteiger partial charge in [-0.05, 0) is 4.92 Å². The quantitative estimate of drug-likeness (QED) is 0.537. The molecular formula is C7H11N3O3. The van der Waals surface area contributed by atoms with Crippen LogP contribution >= 0.6 is 0 Å². The van der Waals surface area contributed by atoms with Gasteiger partial charge >= 0.3 is 5.82 Å². The molecule has 0 radical (unpaired) electrons. The molecule has 0 fully saturated rings. The van der Waals surface area contributed by atoms with E-state index in [1.165, 1.54) is 4.57 Å². The lowest BCUT2D eigenvalue weighted by Crippen LogP contribution is -2.01. The summed E-state index contributed by atoms with van der Waals surface area (Å²) in [4.78, 5) is 14.1. The molecule has 1 rings (SSSR count). The minimum absolute atomic E-state index is 0.0356. The third-order valence-electron chi connectivity index (χ3n) is 1.88. The van der Waals surface area contributed by atoms with Crippen LogP contribution in [0.5, 0.6) is 0 Å². The first-order chi connectivity index (χ1) is 6.07. The van der Waals surface area contributed by atoms with Gasteiger partial charge < -0.3 is 15.2 Å². The fourth-order valence-electron chi connectivity index (χ4n) is 1.17. The summed E-state index contributed by atoms with van der Waals surface area (Å²) in [5, 5.41) is 19.2. The molecule has 1 aromatic heterocycles. The molecule has 0 aliphatic heterocycles. The van der Waals surface area contributed by atoms with Crippen LogP contribution in [0.4, 0.5) is 5.82 Å². The van der Waals surface area contributed by atoms with Crippen molar-refractivity contribution in [1.82, 2.24) is 9.55 Å². The largest absolute Gasteiger partial charge is 0.396 e. The second-order valence-electron chi connectivity index (χ2n) is 2.72. The van der Waals surface area contributed by atoms with E-state index in [0.29, 0.717) is 11.5 Å². The van der Waals surface area contributed by atoms with Crippen LogP contribution in [-0.2, 0) is 13.5 Å². The van der Waals surface area contributed by atoms with Crippen LogP contribution in [0.3, 0.4) is 0 Å². The van der Waals surface area contributed by atoms with E-state index in [0.717, 1.165) is 0 Å². The summed E-state index contributed by atoms with van der Waals surface area (Å²) in [6, 6.07) is 0. The second kappa shape index (κ2) is 3.53. The number of nitro groups is 1. The second-order valence-corrected chi connectivity index (χ2v) is 2.72. The molecule has 0 aliphatic rings. The summed E-state index contributed by atoms with van der Waals surface area (Å²) in [5.74, 6) is 0.543. The van der Waals surface area contributed by atoms with Crippen LogP contribution in [0.25, 0.3) is 0 Å². The highest BCUT2D eigenvalue weighted by atomic mass is 16.6. The SMILES string of the molecule is Cc1nc(CCO)c([N+](=O)[O-])n1C. The highest BCUT2D eigenvalue weighted by Gasteiger charge is 2.21. The Kier molecular flexibility index (Phi) is 2.62. The zero-order valence-corrected chi connectivity index (χ0v) is 7.52. The minimum Gasteiger partial charge on any atom is -0.396 e. The molecule has 1 aromatic rings. The van der Waals surface area contributed by atoms with Gasteiger partial charge in [-0.2, -0.15) is 0 Å². The third kappa shape index (κ3) is 1.67. The molecule has 0 saturated carbocycles. The summed E-state index contributed by atoms with van der Waals surface area (Å²) in [6.07, 6.45) is 0.220. The highest BCUT2D eigenvalue weighted by Crippen LogP contribution is 2.18. The maximum absolute atomic E-state index is 10.6. The lowest BCUT2D eigenvalue weighted by Gasteiger charge is -1.96. The summed E-state index contributed by atoms with van der Waals surface area (Å²) < 4.78 is 1.41. The number of aryl methyl sites for hydroxylation is 1. The van der Waals surface area contributed by atoms with Crippen molar-refractivity contribution in [3.8, 4) is 0 Å².